The van der Waals surface area contributed by atoms with E-state index in [2.05, 4.69) is 4.98 Å². The van der Waals surface area contributed by atoms with Crippen molar-refractivity contribution in [3.63, 3.8) is 0 Å². The average molecular weight is 491 g/mol. The van der Waals surface area contributed by atoms with Gasteiger partial charge in [0.05, 0.1) is 21.1 Å². The lowest BCUT2D eigenvalue weighted by molar-refractivity contribution is -0.226. The second-order valence-corrected chi connectivity index (χ2v) is 8.17. The van der Waals surface area contributed by atoms with Crippen molar-refractivity contribution in [3.05, 3.63) is 26.9 Å². The minimum Gasteiger partial charge on any atom is -0.463 e. The largest absolute Gasteiger partial charge is 0.463 e. The van der Waals surface area contributed by atoms with E-state index in [9.17, 15) is 14.4 Å². The second-order valence-electron chi connectivity index (χ2n) is 6.97. The normalized spacial score (nSPS) is 23.4. The molecule has 1 saturated heterocycles. The van der Waals surface area contributed by atoms with Crippen molar-refractivity contribution in [2.45, 2.75) is 51.7 Å². The van der Waals surface area contributed by atoms with Gasteiger partial charge in [-0.1, -0.05) is 23.2 Å². The summed E-state index contributed by atoms with van der Waals surface area (Å²) in [7, 11) is 0. The second kappa shape index (κ2) is 9.56. The molecule has 3 rings (SSSR count). The van der Waals surface area contributed by atoms with Crippen molar-refractivity contribution in [2.75, 3.05) is 6.61 Å². The highest BCUT2D eigenvalue weighted by molar-refractivity contribution is 7.71. The fourth-order valence-electron chi connectivity index (χ4n) is 3.49. The van der Waals surface area contributed by atoms with Gasteiger partial charge in [0, 0.05) is 27.2 Å². The maximum absolute atomic E-state index is 11.7. The Hall–Kier alpha value is -2.14. The van der Waals surface area contributed by atoms with Gasteiger partial charge in [-0.25, -0.2) is 0 Å². The number of imidazole rings is 1. The van der Waals surface area contributed by atoms with Crippen LogP contribution in [0.25, 0.3) is 11.0 Å². The van der Waals surface area contributed by atoms with E-state index in [1.807, 2.05) is 0 Å². The monoisotopic (exact) mass is 490 g/mol. The number of esters is 3. The summed E-state index contributed by atoms with van der Waals surface area (Å²) >= 11 is 17.7. The lowest BCUT2D eigenvalue weighted by atomic mass is 10.00. The van der Waals surface area contributed by atoms with Crippen LogP contribution in [0.5, 0.6) is 0 Å². The summed E-state index contributed by atoms with van der Waals surface area (Å²) in [5, 5.41) is 0.668. The number of carbonyl (C=O) groups excluding carboxylic acids is 3. The molecule has 2 heterocycles. The molecule has 0 aliphatic carbocycles. The minimum atomic E-state index is -0.977. The molecular formula is C19H20Cl2N2O7S. The summed E-state index contributed by atoms with van der Waals surface area (Å²) in [5.41, 5.74) is 1.24. The molecule has 31 heavy (non-hydrogen) atoms. The lowest BCUT2D eigenvalue weighted by Gasteiger charge is -2.40. The molecule has 4 atom stereocenters. The van der Waals surface area contributed by atoms with E-state index < -0.39 is 42.4 Å². The highest BCUT2D eigenvalue weighted by Crippen LogP contribution is 2.36. The number of aromatic nitrogens is 2. The number of ether oxygens (including phenoxy) is 4. The number of nitrogens with zero attached hydrogens (tertiary/aromatic N) is 1. The maximum Gasteiger partial charge on any atom is 0.303 e. The molecule has 9 nitrogen and oxygen atoms in total. The number of aromatic amines is 1. The number of fused-ring (bicyclic) bond motifs is 1. The molecule has 1 fully saturated rings. The van der Waals surface area contributed by atoms with E-state index in [1.165, 1.54) is 20.8 Å². The maximum atomic E-state index is 11.7. The van der Waals surface area contributed by atoms with Gasteiger partial charge in [-0.05, 0) is 24.4 Å². The van der Waals surface area contributed by atoms with Crippen molar-refractivity contribution in [1.82, 2.24) is 9.55 Å². The third-order valence-electron chi connectivity index (χ3n) is 4.62. The van der Waals surface area contributed by atoms with E-state index in [4.69, 9.17) is 54.4 Å². The van der Waals surface area contributed by atoms with Gasteiger partial charge >= 0.3 is 17.9 Å². The van der Waals surface area contributed by atoms with E-state index in [-0.39, 0.29) is 13.0 Å². The summed E-state index contributed by atoms with van der Waals surface area (Å²) < 4.78 is 24.0. The van der Waals surface area contributed by atoms with Crippen LogP contribution in [0.3, 0.4) is 0 Å². The molecule has 0 radical (unpaired) electrons. The predicted octanol–water partition coefficient (Wildman–Crippen LogP) is 3.72. The van der Waals surface area contributed by atoms with Crippen LogP contribution in [0.4, 0.5) is 0 Å². The molecule has 168 valence electrons. The average Bonchev–Trinajstić information content (AvgIpc) is 2.96. The fraction of sp³-hybridized carbons (Fsp3) is 0.474. The number of halogens is 2. The van der Waals surface area contributed by atoms with Crippen LogP contribution in [0.1, 0.15) is 33.4 Å². The number of nitrogens with one attached hydrogen (secondary N) is 1. The highest BCUT2D eigenvalue weighted by Gasteiger charge is 2.44. The molecule has 2 aromatic rings. The van der Waals surface area contributed by atoms with E-state index in [1.54, 1.807) is 16.7 Å². The predicted molar refractivity (Wildman–Crippen MR) is 113 cm³/mol. The molecule has 0 bridgehead atoms. The topological polar surface area (TPSA) is 109 Å². The summed E-state index contributed by atoms with van der Waals surface area (Å²) in [5.74, 6) is -1.70. The van der Waals surface area contributed by atoms with Gasteiger partial charge in [0.2, 0.25) is 0 Å². The van der Waals surface area contributed by atoms with E-state index >= 15 is 0 Å². The molecular weight excluding hydrogens is 471 g/mol. The summed E-state index contributed by atoms with van der Waals surface area (Å²) in [6.07, 6.45) is -3.37. The molecule has 0 saturated carbocycles. The third kappa shape index (κ3) is 5.38. The number of rotatable bonds is 5. The van der Waals surface area contributed by atoms with Gasteiger partial charge in [0.25, 0.3) is 0 Å². The molecule has 0 unspecified atom stereocenters. The van der Waals surface area contributed by atoms with Gasteiger partial charge in [-0.3, -0.25) is 19.0 Å². The number of hydrogen-bond donors (Lipinski definition) is 1. The first-order valence-electron chi connectivity index (χ1n) is 9.29. The van der Waals surface area contributed by atoms with Crippen molar-refractivity contribution in [1.29, 1.82) is 0 Å². The Labute approximate surface area is 192 Å². The van der Waals surface area contributed by atoms with Crippen LogP contribution < -0.4 is 0 Å². The minimum absolute atomic E-state index is 0.121. The highest BCUT2D eigenvalue weighted by atomic mass is 35.5. The first kappa shape index (κ1) is 23.5. The number of benzene rings is 1. The quantitative estimate of drug-likeness (QED) is 0.383. The van der Waals surface area contributed by atoms with Gasteiger partial charge < -0.3 is 23.9 Å². The van der Waals surface area contributed by atoms with Crippen LogP contribution in [-0.4, -0.2) is 52.4 Å². The van der Waals surface area contributed by atoms with Crippen molar-refractivity contribution >= 4 is 64.4 Å². The Bertz CT molecular complexity index is 1080. The first-order valence-corrected chi connectivity index (χ1v) is 10.5. The number of hydrogen-bond acceptors (Lipinski definition) is 8. The van der Waals surface area contributed by atoms with Gasteiger partial charge in [-0.2, -0.15) is 0 Å². The van der Waals surface area contributed by atoms with Gasteiger partial charge in [-0.15, -0.1) is 0 Å². The molecule has 1 aromatic carbocycles. The Kier molecular flexibility index (Phi) is 7.25. The summed E-state index contributed by atoms with van der Waals surface area (Å²) in [6.45, 7) is 3.49. The molecule has 1 aliphatic heterocycles. The Morgan fingerprint density at radius 3 is 2.39 bits per heavy atom. The number of carbonyl (C=O) groups is 3. The molecule has 1 N–H and O–H groups in total. The van der Waals surface area contributed by atoms with Crippen molar-refractivity contribution in [2.24, 2.45) is 0 Å². The molecule has 0 spiro atoms. The van der Waals surface area contributed by atoms with Crippen molar-refractivity contribution in [3.8, 4) is 0 Å². The van der Waals surface area contributed by atoms with Gasteiger partial charge in [0.15, 0.2) is 10.9 Å². The van der Waals surface area contributed by atoms with Gasteiger partial charge in [0.1, 0.15) is 25.0 Å². The lowest BCUT2D eigenvalue weighted by Crippen LogP contribution is -2.52. The Morgan fingerprint density at radius 2 is 1.77 bits per heavy atom. The van der Waals surface area contributed by atoms with E-state index in [0.717, 1.165) is 0 Å². The third-order valence-corrected chi connectivity index (χ3v) is 5.64. The summed E-state index contributed by atoms with van der Waals surface area (Å²) in [4.78, 5) is 37.8. The smallest absolute Gasteiger partial charge is 0.303 e. The van der Waals surface area contributed by atoms with Crippen LogP contribution in [0.15, 0.2) is 12.1 Å². The molecule has 12 heteroatoms. The van der Waals surface area contributed by atoms with Crippen LogP contribution in [0, 0.1) is 4.77 Å². The standard InChI is InChI=1S/C19H20Cl2N2O7S/c1-8(24)27-7-16-18(29-10(3)26)15(28-9(2)25)6-17(30-16)23-14-5-12(21)11(20)4-13(14)22-19(23)31/h4-5,15-18H,6-7H2,1-3H3,(H,22,31)/t15-,16-,17-,18+/m1/s1. The summed E-state index contributed by atoms with van der Waals surface area (Å²) in [6, 6.07) is 3.27. The van der Waals surface area contributed by atoms with Crippen LogP contribution >= 0.6 is 35.4 Å². The van der Waals surface area contributed by atoms with Crippen LogP contribution in [-0.2, 0) is 33.3 Å². The fourth-order valence-corrected chi connectivity index (χ4v) is 4.13. The molecule has 1 aromatic heterocycles. The zero-order valence-corrected chi connectivity index (χ0v) is 19.2. The Balaban J connectivity index is 2.04. The van der Waals surface area contributed by atoms with E-state index in [0.29, 0.717) is 25.8 Å². The molecule has 0 amide bonds. The van der Waals surface area contributed by atoms with Crippen LogP contribution in [0.2, 0.25) is 10.0 Å². The first-order chi connectivity index (χ1) is 14.6. The molecule has 1 aliphatic rings. The van der Waals surface area contributed by atoms with Crippen molar-refractivity contribution < 1.29 is 33.3 Å². The SMILES string of the molecule is CC(=O)OC[C@H]1O[C@@H](n2c(=S)[nH]c3cc(Cl)c(Cl)cc32)C[C@@H](OC(C)=O)[C@@H]1OC(C)=O. The zero-order valence-electron chi connectivity index (χ0n) is 16.8. The Morgan fingerprint density at radius 1 is 1.13 bits per heavy atom. The zero-order chi connectivity index (χ0) is 22.9. The number of H-pyrrole nitrogens is 1.